The van der Waals surface area contributed by atoms with Crippen molar-refractivity contribution >= 4 is 25.9 Å². The van der Waals surface area contributed by atoms with E-state index in [0.29, 0.717) is 13.2 Å². The summed E-state index contributed by atoms with van der Waals surface area (Å²) in [6, 6.07) is 33.9. The lowest BCUT2D eigenvalue weighted by Gasteiger charge is -2.51. The first-order chi connectivity index (χ1) is 20.0. The molecule has 1 aromatic heterocycles. The topological polar surface area (TPSA) is 73.4 Å². The van der Waals surface area contributed by atoms with Gasteiger partial charge in [0.15, 0.2) is 8.32 Å². The summed E-state index contributed by atoms with van der Waals surface area (Å²) in [5.41, 5.74) is 8.50. The van der Waals surface area contributed by atoms with E-state index in [1.54, 1.807) is 28.6 Å². The van der Waals surface area contributed by atoms with Crippen molar-refractivity contribution in [1.29, 1.82) is 0 Å². The van der Waals surface area contributed by atoms with Crippen molar-refractivity contribution in [2.75, 3.05) is 25.4 Å². The number of nitrogens with zero attached hydrogens (tertiary/aromatic N) is 3. The Morgan fingerprint density at radius 3 is 1.81 bits per heavy atom. The number of nitrogens with two attached hydrogens (primary N) is 1. The fraction of sp³-hybridized carbons (Fsp3) is 0.353. The monoisotopic (exact) mass is 598 g/mol. The fourth-order valence-electron chi connectivity index (χ4n) is 5.59. The zero-order valence-electron chi connectivity index (χ0n) is 25.2. The van der Waals surface area contributed by atoms with Crippen LogP contribution in [-0.4, -0.2) is 47.7 Å². The van der Waals surface area contributed by atoms with Crippen LogP contribution in [0.3, 0.4) is 0 Å². The summed E-state index contributed by atoms with van der Waals surface area (Å²) < 4.78 is 8.55. The fourth-order valence-corrected chi connectivity index (χ4v) is 8.17. The maximum Gasteiger partial charge on any atom is 0.350 e. The van der Waals surface area contributed by atoms with Gasteiger partial charge in [0.25, 0.3) is 0 Å². The summed E-state index contributed by atoms with van der Waals surface area (Å²) in [4.78, 5) is 19.8. The average Bonchev–Trinajstić information content (AvgIpc) is 2.98. The van der Waals surface area contributed by atoms with Crippen molar-refractivity contribution in [1.82, 2.24) is 14.5 Å². The highest BCUT2D eigenvalue weighted by Gasteiger charge is 2.47. The molecule has 0 amide bonds. The standard InChI is InChI=1S/C34H42N4O2SSi/c1-33(2,3)42(4,5)40-25-29-23-37(24-31(41-29)38-22-21-30(35)36-32(38)39)34(26-15-9-6-10-16-26,27-17-11-7-12-18-27)28-19-13-8-14-20-28/h6-22,29,31H,23-25H2,1-5H3,(H2,35,36,39)/t29-,31+/m0/s1. The molecule has 1 aliphatic heterocycles. The average molecular weight is 599 g/mol. The molecule has 1 saturated heterocycles. The molecule has 1 aliphatic rings. The van der Waals surface area contributed by atoms with Crippen LogP contribution in [0.2, 0.25) is 18.1 Å². The second kappa shape index (κ2) is 12.2. The third kappa shape index (κ3) is 5.99. The second-order valence-electron chi connectivity index (χ2n) is 12.5. The van der Waals surface area contributed by atoms with E-state index >= 15 is 0 Å². The Morgan fingerprint density at radius 1 is 0.857 bits per heavy atom. The Bertz CT molecular complexity index is 1430. The molecule has 0 unspecified atom stereocenters. The third-order valence-electron chi connectivity index (χ3n) is 8.80. The van der Waals surface area contributed by atoms with E-state index in [4.69, 9.17) is 10.2 Å². The zero-order valence-corrected chi connectivity index (χ0v) is 27.1. The number of hydrogen-bond acceptors (Lipinski definition) is 6. The van der Waals surface area contributed by atoms with Gasteiger partial charge in [-0.25, -0.2) is 4.79 Å². The minimum Gasteiger partial charge on any atom is -0.416 e. The normalized spacial score (nSPS) is 18.6. The number of thioether (sulfide) groups is 1. The smallest absolute Gasteiger partial charge is 0.350 e. The molecule has 8 heteroatoms. The van der Waals surface area contributed by atoms with E-state index in [-0.39, 0.29) is 27.2 Å². The number of rotatable bonds is 8. The molecule has 0 radical (unpaired) electrons. The Morgan fingerprint density at radius 2 is 1.36 bits per heavy atom. The molecular weight excluding hydrogens is 557 g/mol. The lowest BCUT2D eigenvalue weighted by molar-refractivity contribution is 0.128. The lowest BCUT2D eigenvalue weighted by Crippen LogP contribution is -2.56. The summed E-state index contributed by atoms with van der Waals surface area (Å²) in [6.45, 7) is 13.4. The molecule has 0 aliphatic carbocycles. The Balaban J connectivity index is 1.68. The molecule has 2 heterocycles. The third-order valence-corrected chi connectivity index (χ3v) is 14.7. The number of hydrogen-bond donors (Lipinski definition) is 1. The molecule has 0 saturated carbocycles. The first-order valence-electron chi connectivity index (χ1n) is 14.6. The van der Waals surface area contributed by atoms with Crippen molar-refractivity contribution in [3.8, 4) is 0 Å². The Hall–Kier alpha value is -3.17. The van der Waals surface area contributed by atoms with Gasteiger partial charge in [-0.3, -0.25) is 9.47 Å². The van der Waals surface area contributed by atoms with Gasteiger partial charge in [0.1, 0.15) is 5.82 Å². The van der Waals surface area contributed by atoms with Crippen LogP contribution >= 0.6 is 11.8 Å². The first kappa shape index (κ1) is 30.3. The lowest BCUT2D eigenvalue weighted by atomic mass is 9.75. The van der Waals surface area contributed by atoms with E-state index in [9.17, 15) is 4.79 Å². The Labute approximate surface area is 255 Å². The minimum atomic E-state index is -2.00. The number of aromatic nitrogens is 2. The van der Waals surface area contributed by atoms with E-state index in [0.717, 1.165) is 6.54 Å². The number of nitrogen functional groups attached to an aromatic ring is 1. The number of benzene rings is 3. The van der Waals surface area contributed by atoms with Crippen molar-refractivity contribution in [3.05, 3.63) is 130 Å². The van der Waals surface area contributed by atoms with Crippen molar-refractivity contribution in [2.24, 2.45) is 0 Å². The maximum atomic E-state index is 13.2. The van der Waals surface area contributed by atoms with E-state index < -0.39 is 13.9 Å². The van der Waals surface area contributed by atoms with Crippen molar-refractivity contribution < 1.29 is 4.43 Å². The van der Waals surface area contributed by atoms with Gasteiger partial charge >= 0.3 is 5.69 Å². The predicted octanol–water partition coefficient (Wildman–Crippen LogP) is 6.76. The maximum absolute atomic E-state index is 13.2. The quantitative estimate of drug-likeness (QED) is 0.179. The van der Waals surface area contributed by atoms with Crippen LogP contribution in [0.4, 0.5) is 5.82 Å². The molecule has 1 fully saturated rings. The summed E-state index contributed by atoms with van der Waals surface area (Å²) in [7, 11) is -2.00. The van der Waals surface area contributed by atoms with Gasteiger partial charge in [-0.2, -0.15) is 4.98 Å². The molecular formula is C34H42N4O2SSi. The second-order valence-corrected chi connectivity index (χ2v) is 18.8. The molecule has 5 rings (SSSR count). The van der Waals surface area contributed by atoms with Crippen LogP contribution in [0.15, 0.2) is 108 Å². The molecule has 4 aromatic rings. The van der Waals surface area contributed by atoms with Crippen molar-refractivity contribution in [3.63, 3.8) is 0 Å². The molecule has 0 spiro atoms. The molecule has 2 atom stereocenters. The summed E-state index contributed by atoms with van der Waals surface area (Å²) in [5.74, 6) is 0.235. The SMILES string of the molecule is CC(C)(C)[Si](C)(C)OC[C@@H]1CN(C(c2ccccc2)(c2ccccc2)c2ccccc2)C[C@H](n2ccc(N)nc2=O)S1. The molecule has 0 bridgehead atoms. The van der Waals surface area contributed by atoms with E-state index in [1.807, 2.05) is 0 Å². The molecule has 220 valence electrons. The van der Waals surface area contributed by atoms with Gasteiger partial charge in [0.05, 0.1) is 10.9 Å². The molecule has 3 aromatic carbocycles. The number of anilines is 1. The van der Waals surface area contributed by atoms with Gasteiger partial charge in [-0.15, -0.1) is 11.8 Å². The zero-order chi connectivity index (χ0) is 30.0. The van der Waals surface area contributed by atoms with Crippen LogP contribution in [0.1, 0.15) is 42.8 Å². The molecule has 42 heavy (non-hydrogen) atoms. The molecule has 6 nitrogen and oxygen atoms in total. The van der Waals surface area contributed by atoms with E-state index in [1.165, 1.54) is 16.7 Å². The van der Waals surface area contributed by atoms with E-state index in [2.05, 4.69) is 135 Å². The van der Waals surface area contributed by atoms with Crippen LogP contribution in [0, 0.1) is 0 Å². The highest BCUT2D eigenvalue weighted by molar-refractivity contribution is 8.00. The summed E-state index contributed by atoms with van der Waals surface area (Å²) in [5, 5.41) is 0.0474. The minimum absolute atomic E-state index is 0.102. The Kier molecular flexibility index (Phi) is 8.80. The van der Waals surface area contributed by atoms with Crippen LogP contribution < -0.4 is 11.4 Å². The first-order valence-corrected chi connectivity index (χ1v) is 18.4. The van der Waals surface area contributed by atoms with Gasteiger partial charge < -0.3 is 10.2 Å². The van der Waals surface area contributed by atoms with Gasteiger partial charge in [-0.05, 0) is 40.9 Å². The van der Waals surface area contributed by atoms with Gasteiger partial charge in [0.2, 0.25) is 0 Å². The van der Waals surface area contributed by atoms with Crippen molar-refractivity contribution in [2.45, 2.75) is 55.1 Å². The largest absolute Gasteiger partial charge is 0.416 e. The van der Waals surface area contributed by atoms with Crippen LogP contribution in [0.5, 0.6) is 0 Å². The highest BCUT2D eigenvalue weighted by Crippen LogP contribution is 2.47. The van der Waals surface area contributed by atoms with Crippen LogP contribution in [0.25, 0.3) is 0 Å². The van der Waals surface area contributed by atoms with Gasteiger partial charge in [0, 0.05) is 31.1 Å². The summed E-state index contributed by atoms with van der Waals surface area (Å²) in [6.07, 6.45) is 1.78. The molecule has 2 N–H and O–H groups in total. The summed E-state index contributed by atoms with van der Waals surface area (Å²) >= 11 is 1.80. The van der Waals surface area contributed by atoms with Crippen LogP contribution in [-0.2, 0) is 9.96 Å². The highest BCUT2D eigenvalue weighted by atomic mass is 32.2. The van der Waals surface area contributed by atoms with Gasteiger partial charge in [-0.1, -0.05) is 112 Å². The predicted molar refractivity (Wildman–Crippen MR) is 177 cm³/mol.